The van der Waals surface area contributed by atoms with Crippen molar-refractivity contribution in [3.05, 3.63) is 87.2 Å². The number of anilines is 1. The summed E-state index contributed by atoms with van der Waals surface area (Å²) < 4.78 is 2.08. The van der Waals surface area contributed by atoms with E-state index in [1.165, 1.54) is 5.56 Å². The van der Waals surface area contributed by atoms with Gasteiger partial charge in [-0.2, -0.15) is 0 Å². The highest BCUT2D eigenvalue weighted by Crippen LogP contribution is 2.31. The van der Waals surface area contributed by atoms with Crippen LogP contribution in [0, 0.1) is 20.8 Å². The van der Waals surface area contributed by atoms with Gasteiger partial charge in [-0.3, -0.25) is 14.9 Å². The number of halogens is 1. The molecule has 6 nitrogen and oxygen atoms in total. The second kappa shape index (κ2) is 8.86. The van der Waals surface area contributed by atoms with Crippen molar-refractivity contribution in [3.63, 3.8) is 0 Å². The van der Waals surface area contributed by atoms with Crippen molar-refractivity contribution in [2.45, 2.75) is 47.0 Å². The summed E-state index contributed by atoms with van der Waals surface area (Å²) in [4.78, 5) is 39.6. The Bertz CT molecular complexity index is 1390. The van der Waals surface area contributed by atoms with Crippen LogP contribution in [0.3, 0.4) is 0 Å². The van der Waals surface area contributed by atoms with Crippen LogP contribution in [-0.2, 0) is 15.0 Å². The van der Waals surface area contributed by atoms with E-state index < -0.39 is 17.8 Å². The predicted octanol–water partition coefficient (Wildman–Crippen LogP) is 6.02. The van der Waals surface area contributed by atoms with Crippen molar-refractivity contribution in [2.75, 3.05) is 4.90 Å². The summed E-state index contributed by atoms with van der Waals surface area (Å²) in [6.45, 7) is 12.1. The van der Waals surface area contributed by atoms with Gasteiger partial charge >= 0.3 is 6.03 Å². The lowest BCUT2D eigenvalue weighted by Gasteiger charge is -2.27. The van der Waals surface area contributed by atoms with Gasteiger partial charge in [0.05, 0.1) is 5.69 Å². The first-order valence-electron chi connectivity index (χ1n) is 11.4. The van der Waals surface area contributed by atoms with E-state index in [4.69, 9.17) is 11.6 Å². The number of urea groups is 1. The molecule has 1 aliphatic rings. The topological polar surface area (TPSA) is 71.4 Å². The fourth-order valence-electron chi connectivity index (χ4n) is 4.31. The molecule has 1 saturated heterocycles. The van der Waals surface area contributed by atoms with Gasteiger partial charge < -0.3 is 4.57 Å². The summed E-state index contributed by atoms with van der Waals surface area (Å²) in [5, 5.41) is 2.70. The number of nitrogens with one attached hydrogen (secondary N) is 1. The second-order valence-electron chi connectivity index (χ2n) is 9.80. The van der Waals surface area contributed by atoms with Crippen LogP contribution < -0.4 is 10.2 Å². The Balaban J connectivity index is 1.75. The van der Waals surface area contributed by atoms with Gasteiger partial charge in [0, 0.05) is 22.1 Å². The number of carbonyl (C=O) groups is 3. The van der Waals surface area contributed by atoms with Gasteiger partial charge in [0.1, 0.15) is 5.57 Å². The molecule has 0 atom stereocenters. The highest BCUT2D eigenvalue weighted by molar-refractivity contribution is 6.40. The molecule has 1 N–H and O–H groups in total. The van der Waals surface area contributed by atoms with Gasteiger partial charge in [-0.05, 0) is 79.3 Å². The summed E-state index contributed by atoms with van der Waals surface area (Å²) >= 11 is 6.20. The zero-order chi connectivity index (χ0) is 25.7. The van der Waals surface area contributed by atoms with Gasteiger partial charge in [-0.25, -0.2) is 9.69 Å². The van der Waals surface area contributed by atoms with Gasteiger partial charge in [0.15, 0.2) is 0 Å². The highest BCUT2D eigenvalue weighted by atomic mass is 35.5. The third-order valence-electron chi connectivity index (χ3n) is 6.34. The van der Waals surface area contributed by atoms with Crippen LogP contribution >= 0.6 is 11.6 Å². The van der Waals surface area contributed by atoms with Gasteiger partial charge in [-0.1, -0.05) is 50.6 Å². The number of hydrogen-bond acceptors (Lipinski definition) is 3. The molecule has 1 aliphatic heterocycles. The summed E-state index contributed by atoms with van der Waals surface area (Å²) in [7, 11) is 0. The van der Waals surface area contributed by atoms with E-state index in [1.807, 2.05) is 19.9 Å². The van der Waals surface area contributed by atoms with Crippen LogP contribution in [0.4, 0.5) is 10.5 Å². The minimum Gasteiger partial charge on any atom is -0.318 e. The molecule has 0 spiro atoms. The smallest absolute Gasteiger partial charge is 0.318 e. The molecule has 4 rings (SSSR count). The number of barbiturate groups is 1. The van der Waals surface area contributed by atoms with E-state index in [2.05, 4.69) is 54.9 Å². The van der Waals surface area contributed by atoms with Gasteiger partial charge in [-0.15, -0.1) is 0 Å². The molecule has 4 amide bonds. The Labute approximate surface area is 210 Å². The van der Waals surface area contributed by atoms with E-state index in [1.54, 1.807) is 31.2 Å². The molecule has 1 aromatic heterocycles. The Morgan fingerprint density at radius 3 is 2.23 bits per heavy atom. The monoisotopic (exact) mass is 489 g/mol. The Morgan fingerprint density at radius 2 is 1.60 bits per heavy atom. The molecule has 0 saturated carbocycles. The first-order chi connectivity index (χ1) is 16.4. The molecular formula is C28H28ClN3O3. The number of rotatable bonds is 3. The van der Waals surface area contributed by atoms with Gasteiger partial charge in [0.2, 0.25) is 0 Å². The molecule has 1 fully saturated rings. The summed E-state index contributed by atoms with van der Waals surface area (Å²) in [6, 6.07) is 14.4. The molecule has 180 valence electrons. The molecule has 2 aromatic carbocycles. The van der Waals surface area contributed by atoms with Crippen molar-refractivity contribution in [1.29, 1.82) is 0 Å². The lowest BCUT2D eigenvalue weighted by Crippen LogP contribution is -2.54. The van der Waals surface area contributed by atoms with Gasteiger partial charge in [0.25, 0.3) is 11.8 Å². The lowest BCUT2D eigenvalue weighted by molar-refractivity contribution is -0.122. The Hall–Kier alpha value is -3.64. The summed E-state index contributed by atoms with van der Waals surface area (Å²) in [6.07, 6.45) is 1.54. The standard InChI is InChI=1S/C28H28ClN3O3/c1-16-14-19(18(3)31(16)21-12-10-20(11-13-21)28(4,5)6)15-22-25(33)30-27(35)32(26(22)34)24-9-7-8-23(29)17(24)2/h7-15H,1-6H3,(H,30,33,35)/b22-15+. The Kier molecular flexibility index (Phi) is 6.20. The average Bonchev–Trinajstić information content (AvgIpc) is 3.06. The lowest BCUT2D eigenvalue weighted by atomic mass is 9.87. The minimum absolute atomic E-state index is 0.0498. The molecule has 0 bridgehead atoms. The zero-order valence-electron chi connectivity index (χ0n) is 20.7. The number of nitrogens with zero attached hydrogens (tertiary/aromatic N) is 2. The molecule has 35 heavy (non-hydrogen) atoms. The SMILES string of the molecule is Cc1c(Cl)cccc1N1C(=O)NC(=O)/C(=C\c2cc(C)n(-c3ccc(C(C)(C)C)cc3)c2C)C1=O. The zero-order valence-corrected chi connectivity index (χ0v) is 21.4. The average molecular weight is 490 g/mol. The second-order valence-corrected chi connectivity index (χ2v) is 10.2. The number of imide groups is 2. The van der Waals surface area contributed by atoms with Crippen LogP contribution in [0.2, 0.25) is 5.02 Å². The van der Waals surface area contributed by atoms with Crippen LogP contribution in [-0.4, -0.2) is 22.4 Å². The quantitative estimate of drug-likeness (QED) is 0.361. The molecule has 0 aliphatic carbocycles. The number of amides is 4. The first-order valence-corrected chi connectivity index (χ1v) is 11.7. The van der Waals surface area contributed by atoms with Crippen LogP contribution in [0.5, 0.6) is 0 Å². The number of benzene rings is 2. The van der Waals surface area contributed by atoms with Crippen molar-refractivity contribution in [3.8, 4) is 5.69 Å². The van der Waals surface area contributed by atoms with Crippen molar-refractivity contribution < 1.29 is 14.4 Å². The minimum atomic E-state index is -0.799. The molecule has 0 unspecified atom stereocenters. The third-order valence-corrected chi connectivity index (χ3v) is 6.75. The fourth-order valence-corrected chi connectivity index (χ4v) is 4.48. The summed E-state index contributed by atoms with van der Waals surface area (Å²) in [5.74, 6) is -1.42. The molecule has 3 aromatic rings. The van der Waals surface area contributed by atoms with E-state index in [-0.39, 0.29) is 11.0 Å². The maximum atomic E-state index is 13.3. The van der Waals surface area contributed by atoms with Crippen LogP contribution in [0.1, 0.15) is 48.8 Å². The van der Waals surface area contributed by atoms with Crippen LogP contribution in [0.15, 0.2) is 54.1 Å². The van der Waals surface area contributed by atoms with Crippen molar-refractivity contribution in [1.82, 2.24) is 9.88 Å². The predicted molar refractivity (Wildman–Crippen MR) is 139 cm³/mol. The van der Waals surface area contributed by atoms with E-state index in [0.29, 0.717) is 16.3 Å². The number of aryl methyl sites for hydroxylation is 1. The van der Waals surface area contributed by atoms with E-state index >= 15 is 0 Å². The molecule has 7 heteroatoms. The molecule has 2 heterocycles. The molecular weight excluding hydrogens is 462 g/mol. The van der Waals surface area contributed by atoms with E-state index in [9.17, 15) is 14.4 Å². The molecule has 0 radical (unpaired) electrons. The fraction of sp³-hybridized carbons (Fsp3) is 0.250. The largest absolute Gasteiger partial charge is 0.335 e. The number of hydrogen-bond donors (Lipinski definition) is 1. The Morgan fingerprint density at radius 1 is 0.943 bits per heavy atom. The normalized spacial score (nSPS) is 15.7. The van der Waals surface area contributed by atoms with Crippen molar-refractivity contribution >= 4 is 41.2 Å². The summed E-state index contributed by atoms with van der Waals surface area (Å²) in [5.41, 5.74) is 5.62. The van der Waals surface area contributed by atoms with E-state index in [0.717, 1.165) is 27.5 Å². The maximum Gasteiger partial charge on any atom is 0.335 e. The maximum absolute atomic E-state index is 13.3. The third kappa shape index (κ3) is 4.42. The first kappa shape index (κ1) is 24.5. The number of aromatic nitrogens is 1. The highest BCUT2D eigenvalue weighted by Gasteiger charge is 2.37. The number of carbonyl (C=O) groups excluding carboxylic acids is 3. The van der Waals surface area contributed by atoms with Crippen LogP contribution in [0.25, 0.3) is 11.8 Å². The van der Waals surface area contributed by atoms with Crippen molar-refractivity contribution in [2.24, 2.45) is 0 Å².